The van der Waals surface area contributed by atoms with Crippen molar-refractivity contribution >= 4 is 23.5 Å². The van der Waals surface area contributed by atoms with Crippen LogP contribution in [0.2, 0.25) is 0 Å². The van der Waals surface area contributed by atoms with E-state index < -0.39 is 17.8 Å². The predicted octanol–water partition coefficient (Wildman–Crippen LogP) is 3.37. The molecule has 0 atom stereocenters. The molecule has 1 amide bonds. The van der Waals surface area contributed by atoms with Crippen molar-refractivity contribution in [3.05, 3.63) is 65.7 Å². The second kappa shape index (κ2) is 10.8. The standard InChI is InChI=1S/C21H23NO5/c1-2-14-26-21(25)17-9-11-18(12-10-17)22-19(23)15-27-20(24)13-8-16-6-4-3-5-7-16/h3-7,9-12H,2,8,13-15H2,1H3,(H,22,23). The normalized spacial score (nSPS) is 10.1. The van der Waals surface area contributed by atoms with Gasteiger partial charge < -0.3 is 14.8 Å². The number of esters is 2. The molecule has 27 heavy (non-hydrogen) atoms. The van der Waals surface area contributed by atoms with E-state index in [-0.39, 0.29) is 13.0 Å². The molecule has 0 saturated carbocycles. The maximum Gasteiger partial charge on any atom is 0.338 e. The molecule has 1 N–H and O–H groups in total. The topological polar surface area (TPSA) is 81.7 Å². The molecule has 2 aromatic rings. The number of aryl methyl sites for hydroxylation is 1. The number of rotatable bonds is 9. The van der Waals surface area contributed by atoms with Crippen molar-refractivity contribution in [3.63, 3.8) is 0 Å². The van der Waals surface area contributed by atoms with Gasteiger partial charge in [0.1, 0.15) is 0 Å². The lowest BCUT2D eigenvalue weighted by Crippen LogP contribution is -2.21. The zero-order valence-electron chi connectivity index (χ0n) is 15.3. The number of carbonyl (C=O) groups excluding carboxylic acids is 3. The summed E-state index contributed by atoms with van der Waals surface area (Å²) >= 11 is 0. The number of nitrogens with one attached hydrogen (secondary N) is 1. The average molecular weight is 369 g/mol. The molecule has 6 nitrogen and oxygen atoms in total. The summed E-state index contributed by atoms with van der Waals surface area (Å²) < 4.78 is 10.0. The van der Waals surface area contributed by atoms with Crippen molar-refractivity contribution in [1.82, 2.24) is 0 Å². The third-order valence-corrected chi connectivity index (χ3v) is 3.67. The van der Waals surface area contributed by atoms with Gasteiger partial charge in [-0.3, -0.25) is 9.59 Å². The molecular weight excluding hydrogens is 346 g/mol. The van der Waals surface area contributed by atoms with Crippen LogP contribution in [0.5, 0.6) is 0 Å². The van der Waals surface area contributed by atoms with Crippen molar-refractivity contribution in [1.29, 1.82) is 0 Å². The fourth-order valence-corrected chi connectivity index (χ4v) is 2.27. The molecule has 0 aliphatic carbocycles. The summed E-state index contributed by atoms with van der Waals surface area (Å²) in [6.07, 6.45) is 1.53. The molecule has 6 heteroatoms. The van der Waals surface area contributed by atoms with E-state index in [1.165, 1.54) is 0 Å². The Bertz CT molecular complexity index is 756. The van der Waals surface area contributed by atoms with Crippen molar-refractivity contribution in [2.75, 3.05) is 18.5 Å². The highest BCUT2D eigenvalue weighted by molar-refractivity contribution is 5.94. The minimum atomic E-state index is -0.440. The van der Waals surface area contributed by atoms with E-state index >= 15 is 0 Å². The number of hydrogen-bond donors (Lipinski definition) is 1. The summed E-state index contributed by atoms with van der Waals surface area (Å²) in [7, 11) is 0. The number of carbonyl (C=O) groups is 3. The van der Waals surface area contributed by atoms with Crippen LogP contribution in [0.3, 0.4) is 0 Å². The van der Waals surface area contributed by atoms with E-state index in [0.29, 0.717) is 24.3 Å². The largest absolute Gasteiger partial charge is 0.462 e. The number of amides is 1. The quantitative estimate of drug-likeness (QED) is 0.686. The third kappa shape index (κ3) is 7.32. The summed E-state index contributed by atoms with van der Waals surface area (Å²) in [5.41, 5.74) is 1.96. The van der Waals surface area contributed by atoms with Crippen LogP contribution in [-0.2, 0) is 25.5 Å². The maximum atomic E-state index is 11.9. The molecule has 0 aliphatic heterocycles. The number of benzene rings is 2. The van der Waals surface area contributed by atoms with Crippen LogP contribution in [0.15, 0.2) is 54.6 Å². The lowest BCUT2D eigenvalue weighted by Gasteiger charge is -2.08. The summed E-state index contributed by atoms with van der Waals surface area (Å²) in [6.45, 7) is 1.93. The zero-order valence-corrected chi connectivity index (χ0v) is 15.3. The highest BCUT2D eigenvalue weighted by atomic mass is 16.5. The third-order valence-electron chi connectivity index (χ3n) is 3.67. The SMILES string of the molecule is CCCOC(=O)c1ccc(NC(=O)COC(=O)CCc2ccccc2)cc1. The molecule has 142 valence electrons. The Kier molecular flexibility index (Phi) is 8.03. The van der Waals surface area contributed by atoms with Crippen LogP contribution >= 0.6 is 0 Å². The first-order chi connectivity index (χ1) is 13.1. The van der Waals surface area contributed by atoms with E-state index in [9.17, 15) is 14.4 Å². The van der Waals surface area contributed by atoms with Gasteiger partial charge in [0, 0.05) is 12.1 Å². The molecule has 0 fully saturated rings. The monoisotopic (exact) mass is 369 g/mol. The first-order valence-electron chi connectivity index (χ1n) is 8.85. The van der Waals surface area contributed by atoms with Gasteiger partial charge in [-0.15, -0.1) is 0 Å². The number of hydrogen-bond acceptors (Lipinski definition) is 5. The van der Waals surface area contributed by atoms with E-state index in [0.717, 1.165) is 12.0 Å². The van der Waals surface area contributed by atoms with Gasteiger partial charge in [0.2, 0.25) is 0 Å². The van der Waals surface area contributed by atoms with E-state index in [4.69, 9.17) is 9.47 Å². The fourth-order valence-electron chi connectivity index (χ4n) is 2.27. The van der Waals surface area contributed by atoms with Gasteiger partial charge >= 0.3 is 11.9 Å². The van der Waals surface area contributed by atoms with Gasteiger partial charge in [0.15, 0.2) is 6.61 Å². The molecule has 2 aromatic carbocycles. The highest BCUT2D eigenvalue weighted by Crippen LogP contribution is 2.11. The van der Waals surface area contributed by atoms with Crippen LogP contribution in [-0.4, -0.2) is 31.1 Å². The van der Waals surface area contributed by atoms with E-state index in [2.05, 4.69) is 5.32 Å². The molecule has 0 heterocycles. The molecule has 0 bridgehead atoms. The molecule has 0 spiro atoms. The average Bonchev–Trinajstić information content (AvgIpc) is 2.70. The van der Waals surface area contributed by atoms with Crippen molar-refractivity contribution in [2.24, 2.45) is 0 Å². The minimum Gasteiger partial charge on any atom is -0.462 e. The van der Waals surface area contributed by atoms with Crippen molar-refractivity contribution < 1.29 is 23.9 Å². The van der Waals surface area contributed by atoms with Crippen molar-refractivity contribution in [2.45, 2.75) is 26.2 Å². The first kappa shape index (κ1) is 20.2. The molecule has 0 saturated heterocycles. The van der Waals surface area contributed by atoms with Gasteiger partial charge in [-0.05, 0) is 42.7 Å². The summed E-state index contributed by atoms with van der Waals surface area (Å²) in [5, 5.41) is 2.61. The number of anilines is 1. The second-order valence-electron chi connectivity index (χ2n) is 5.91. The lowest BCUT2D eigenvalue weighted by molar-refractivity contribution is -0.147. The second-order valence-corrected chi connectivity index (χ2v) is 5.91. The van der Waals surface area contributed by atoms with E-state index in [1.54, 1.807) is 24.3 Å². The molecule has 0 aromatic heterocycles. The molecule has 0 unspecified atom stereocenters. The Balaban J connectivity index is 1.72. The smallest absolute Gasteiger partial charge is 0.338 e. The van der Waals surface area contributed by atoms with Gasteiger partial charge in [-0.1, -0.05) is 37.3 Å². The van der Waals surface area contributed by atoms with Crippen LogP contribution in [0.1, 0.15) is 35.7 Å². The Morgan fingerprint density at radius 2 is 1.63 bits per heavy atom. The minimum absolute atomic E-state index is 0.214. The van der Waals surface area contributed by atoms with Crippen LogP contribution in [0.4, 0.5) is 5.69 Å². The van der Waals surface area contributed by atoms with Gasteiger partial charge in [-0.25, -0.2) is 4.79 Å². The Labute approximate surface area is 158 Å². The number of ether oxygens (including phenoxy) is 2. The Morgan fingerprint density at radius 1 is 0.926 bits per heavy atom. The van der Waals surface area contributed by atoms with Crippen LogP contribution in [0, 0.1) is 0 Å². The zero-order chi connectivity index (χ0) is 19.5. The van der Waals surface area contributed by atoms with Gasteiger partial charge in [0.05, 0.1) is 12.2 Å². The first-order valence-corrected chi connectivity index (χ1v) is 8.85. The molecule has 2 rings (SSSR count). The summed E-state index contributed by atoms with van der Waals surface area (Å²) in [4.78, 5) is 35.3. The van der Waals surface area contributed by atoms with E-state index in [1.807, 2.05) is 37.3 Å². The van der Waals surface area contributed by atoms with Gasteiger partial charge in [-0.2, -0.15) is 0 Å². The molecule has 0 aliphatic rings. The molecular formula is C21H23NO5. The predicted molar refractivity (Wildman–Crippen MR) is 101 cm³/mol. The van der Waals surface area contributed by atoms with Crippen LogP contribution < -0.4 is 5.32 Å². The molecule has 0 radical (unpaired) electrons. The summed E-state index contributed by atoms with van der Waals surface area (Å²) in [6, 6.07) is 15.9. The maximum absolute atomic E-state index is 11.9. The van der Waals surface area contributed by atoms with Gasteiger partial charge in [0.25, 0.3) is 5.91 Å². The Hall–Kier alpha value is -3.15. The van der Waals surface area contributed by atoms with Crippen molar-refractivity contribution in [3.8, 4) is 0 Å². The summed E-state index contributed by atoms with van der Waals surface area (Å²) in [5.74, 6) is -1.27. The Morgan fingerprint density at radius 3 is 2.30 bits per heavy atom. The fraction of sp³-hybridized carbons (Fsp3) is 0.286. The highest BCUT2D eigenvalue weighted by Gasteiger charge is 2.10. The lowest BCUT2D eigenvalue weighted by atomic mass is 10.1. The van der Waals surface area contributed by atoms with Crippen LogP contribution in [0.25, 0.3) is 0 Å².